The summed E-state index contributed by atoms with van der Waals surface area (Å²) in [4.78, 5) is 13.8. The molecule has 3 rings (SSSR count). The lowest BCUT2D eigenvalue weighted by molar-refractivity contribution is -0.385. The lowest BCUT2D eigenvalue weighted by Gasteiger charge is -2.40. The normalized spacial score (nSPS) is 24.4. The largest absolute Gasteiger partial charge is 0.378 e. The van der Waals surface area contributed by atoms with Crippen molar-refractivity contribution in [2.75, 3.05) is 19.7 Å². The fraction of sp³-hybridized carbons (Fsp3) is 0.727. The molecule has 28 heavy (non-hydrogen) atoms. The molecule has 1 saturated carbocycles. The van der Waals surface area contributed by atoms with Gasteiger partial charge in [0.25, 0.3) is 5.69 Å². The Labute approximate surface area is 173 Å². The minimum absolute atomic E-state index is 0.170. The average molecular weight is 409 g/mol. The number of piperidine rings is 1. The molecule has 1 aromatic rings. The Kier molecular flexibility index (Phi) is 7.72. The van der Waals surface area contributed by atoms with Crippen molar-refractivity contribution in [3.05, 3.63) is 38.4 Å². The first kappa shape index (κ1) is 21.5. The zero-order valence-electron chi connectivity index (χ0n) is 17.2. The molecule has 156 valence electrons. The SMILES string of the molecule is CCCOC1CCC(N2CCC(Cc3cc(C)c(Cl)cc3[N+](=O)[O-])CC2)CC1. The topological polar surface area (TPSA) is 55.6 Å². The van der Waals surface area contributed by atoms with E-state index < -0.39 is 0 Å². The highest BCUT2D eigenvalue weighted by molar-refractivity contribution is 6.31. The van der Waals surface area contributed by atoms with Gasteiger partial charge in [-0.2, -0.15) is 0 Å². The molecule has 0 spiro atoms. The van der Waals surface area contributed by atoms with E-state index in [0.29, 0.717) is 23.1 Å². The van der Waals surface area contributed by atoms with Crippen LogP contribution in [0.2, 0.25) is 5.02 Å². The molecule has 2 fully saturated rings. The van der Waals surface area contributed by atoms with Crippen molar-refractivity contribution in [2.24, 2.45) is 5.92 Å². The molecule has 1 saturated heterocycles. The standard InChI is InChI=1S/C22H33ClN2O3/c1-3-12-28-20-6-4-19(5-7-20)24-10-8-17(9-11-24)14-18-13-16(2)21(23)15-22(18)25(26)27/h13,15,17,19-20H,3-12,14H2,1-2H3. The van der Waals surface area contributed by atoms with Gasteiger partial charge in [-0.15, -0.1) is 0 Å². The lowest BCUT2D eigenvalue weighted by atomic mass is 9.86. The Bertz CT molecular complexity index is 666. The lowest BCUT2D eigenvalue weighted by Crippen LogP contribution is -2.44. The summed E-state index contributed by atoms with van der Waals surface area (Å²) >= 11 is 6.10. The number of nitro benzene ring substituents is 1. The van der Waals surface area contributed by atoms with Gasteiger partial charge >= 0.3 is 0 Å². The highest BCUT2D eigenvalue weighted by atomic mass is 35.5. The molecule has 1 aliphatic heterocycles. The first-order chi connectivity index (χ1) is 13.5. The van der Waals surface area contributed by atoms with Crippen LogP contribution < -0.4 is 0 Å². The zero-order valence-corrected chi connectivity index (χ0v) is 17.9. The Hall–Kier alpha value is -1.17. The van der Waals surface area contributed by atoms with Gasteiger partial charge < -0.3 is 9.64 Å². The molecule has 0 N–H and O–H groups in total. The molecule has 0 bridgehead atoms. The molecule has 1 aliphatic carbocycles. The van der Waals surface area contributed by atoms with Crippen molar-refractivity contribution in [1.29, 1.82) is 0 Å². The number of hydrogen-bond donors (Lipinski definition) is 0. The van der Waals surface area contributed by atoms with Crippen LogP contribution in [0.25, 0.3) is 0 Å². The van der Waals surface area contributed by atoms with Gasteiger partial charge in [-0.05, 0) is 88.9 Å². The smallest absolute Gasteiger partial charge is 0.274 e. The van der Waals surface area contributed by atoms with Crippen molar-refractivity contribution in [1.82, 2.24) is 4.90 Å². The summed E-state index contributed by atoms with van der Waals surface area (Å²) < 4.78 is 5.92. The van der Waals surface area contributed by atoms with Crippen LogP contribution in [-0.2, 0) is 11.2 Å². The second-order valence-electron chi connectivity index (χ2n) is 8.47. The van der Waals surface area contributed by atoms with E-state index in [1.807, 2.05) is 13.0 Å². The summed E-state index contributed by atoms with van der Waals surface area (Å²) in [5.74, 6) is 0.514. The number of ether oxygens (including phenoxy) is 1. The Morgan fingerprint density at radius 1 is 1.18 bits per heavy atom. The van der Waals surface area contributed by atoms with Crippen LogP contribution in [0.5, 0.6) is 0 Å². The minimum Gasteiger partial charge on any atom is -0.378 e. The van der Waals surface area contributed by atoms with Crippen LogP contribution in [-0.4, -0.2) is 41.7 Å². The second-order valence-corrected chi connectivity index (χ2v) is 8.88. The van der Waals surface area contributed by atoms with Gasteiger partial charge in [-0.3, -0.25) is 10.1 Å². The monoisotopic (exact) mass is 408 g/mol. The summed E-state index contributed by atoms with van der Waals surface area (Å²) in [6, 6.07) is 4.11. The molecular weight excluding hydrogens is 376 g/mol. The van der Waals surface area contributed by atoms with Gasteiger partial charge in [0.05, 0.1) is 16.0 Å². The maximum Gasteiger partial charge on any atom is 0.274 e. The Balaban J connectivity index is 1.50. The number of nitrogens with zero attached hydrogens (tertiary/aromatic N) is 2. The molecule has 1 aromatic carbocycles. The molecule has 0 aromatic heterocycles. The van der Waals surface area contributed by atoms with Crippen LogP contribution in [0, 0.1) is 23.0 Å². The zero-order chi connectivity index (χ0) is 20.1. The first-order valence-corrected chi connectivity index (χ1v) is 11.1. The number of nitro groups is 1. The van der Waals surface area contributed by atoms with E-state index in [-0.39, 0.29) is 10.6 Å². The molecule has 6 heteroatoms. The van der Waals surface area contributed by atoms with Gasteiger partial charge in [0, 0.05) is 24.3 Å². The quantitative estimate of drug-likeness (QED) is 0.438. The molecule has 0 atom stereocenters. The van der Waals surface area contributed by atoms with Crippen molar-refractivity contribution in [3.63, 3.8) is 0 Å². The maximum absolute atomic E-state index is 11.4. The summed E-state index contributed by atoms with van der Waals surface area (Å²) in [5, 5.41) is 11.9. The van der Waals surface area contributed by atoms with Crippen LogP contribution in [0.15, 0.2) is 12.1 Å². The second kappa shape index (κ2) is 10.0. The number of hydrogen-bond acceptors (Lipinski definition) is 4. The van der Waals surface area contributed by atoms with Crippen LogP contribution in [0.4, 0.5) is 5.69 Å². The molecule has 2 aliphatic rings. The highest BCUT2D eigenvalue weighted by Gasteiger charge is 2.30. The molecule has 0 unspecified atom stereocenters. The number of halogens is 1. The van der Waals surface area contributed by atoms with Crippen molar-refractivity contribution >= 4 is 17.3 Å². The Morgan fingerprint density at radius 3 is 2.46 bits per heavy atom. The van der Waals surface area contributed by atoms with Crippen molar-refractivity contribution in [3.8, 4) is 0 Å². The van der Waals surface area contributed by atoms with E-state index in [4.69, 9.17) is 16.3 Å². The summed E-state index contributed by atoms with van der Waals surface area (Å²) in [5.41, 5.74) is 1.92. The number of likely N-dealkylation sites (tertiary alicyclic amines) is 1. The molecular formula is C22H33ClN2O3. The summed E-state index contributed by atoms with van der Waals surface area (Å²) in [6.07, 6.45) is 9.40. The van der Waals surface area contributed by atoms with Crippen molar-refractivity contribution in [2.45, 2.75) is 77.4 Å². The van der Waals surface area contributed by atoms with E-state index in [0.717, 1.165) is 56.5 Å². The van der Waals surface area contributed by atoms with Crippen LogP contribution in [0.1, 0.15) is 63.0 Å². The van der Waals surface area contributed by atoms with E-state index in [1.54, 1.807) is 0 Å². The van der Waals surface area contributed by atoms with Gasteiger partial charge in [0.1, 0.15) is 0 Å². The maximum atomic E-state index is 11.4. The predicted octanol–water partition coefficient (Wildman–Crippen LogP) is 5.55. The summed E-state index contributed by atoms with van der Waals surface area (Å²) in [6.45, 7) is 7.18. The minimum atomic E-state index is -0.297. The Morgan fingerprint density at radius 2 is 1.86 bits per heavy atom. The van der Waals surface area contributed by atoms with E-state index >= 15 is 0 Å². The third-order valence-electron chi connectivity index (χ3n) is 6.43. The fourth-order valence-corrected chi connectivity index (χ4v) is 4.92. The van der Waals surface area contributed by atoms with Gasteiger partial charge in [-0.25, -0.2) is 0 Å². The number of rotatable bonds is 7. The van der Waals surface area contributed by atoms with Gasteiger partial charge in [0.15, 0.2) is 0 Å². The molecule has 0 radical (unpaired) electrons. The van der Waals surface area contributed by atoms with Crippen LogP contribution in [0.3, 0.4) is 0 Å². The van der Waals surface area contributed by atoms with E-state index in [1.165, 1.54) is 31.7 Å². The summed E-state index contributed by atoms with van der Waals surface area (Å²) in [7, 11) is 0. The fourth-order valence-electron chi connectivity index (χ4n) is 4.76. The third-order valence-corrected chi connectivity index (χ3v) is 6.84. The van der Waals surface area contributed by atoms with Gasteiger partial charge in [0.2, 0.25) is 0 Å². The average Bonchev–Trinajstić information content (AvgIpc) is 2.70. The van der Waals surface area contributed by atoms with E-state index in [9.17, 15) is 10.1 Å². The molecule has 1 heterocycles. The van der Waals surface area contributed by atoms with Crippen LogP contribution >= 0.6 is 11.6 Å². The predicted molar refractivity (Wildman–Crippen MR) is 113 cm³/mol. The molecule has 5 nitrogen and oxygen atoms in total. The molecule has 0 amide bonds. The van der Waals surface area contributed by atoms with E-state index in [2.05, 4.69) is 11.8 Å². The first-order valence-electron chi connectivity index (χ1n) is 10.8. The highest BCUT2D eigenvalue weighted by Crippen LogP contribution is 2.33. The number of aryl methyl sites for hydroxylation is 1. The van der Waals surface area contributed by atoms with Gasteiger partial charge in [-0.1, -0.05) is 18.5 Å². The number of benzene rings is 1. The van der Waals surface area contributed by atoms with Crippen molar-refractivity contribution < 1.29 is 9.66 Å². The third kappa shape index (κ3) is 5.46.